The van der Waals surface area contributed by atoms with Gasteiger partial charge < -0.3 is 41.8 Å². The van der Waals surface area contributed by atoms with Crippen molar-refractivity contribution < 1.29 is 38.4 Å². The lowest BCUT2D eigenvalue weighted by Gasteiger charge is -2.27. The van der Waals surface area contributed by atoms with Gasteiger partial charge in [0.25, 0.3) is 5.69 Å². The van der Waals surface area contributed by atoms with Gasteiger partial charge in [0.15, 0.2) is 0 Å². The average molecular weight is 644 g/mol. The van der Waals surface area contributed by atoms with Gasteiger partial charge in [-0.25, -0.2) is 14.4 Å². The van der Waals surface area contributed by atoms with Gasteiger partial charge >= 0.3 is 18.2 Å². The Labute approximate surface area is 266 Å². The minimum Gasteiger partial charge on any atom is -0.444 e. The number of benzene rings is 2. The Morgan fingerprint density at radius 3 is 2.07 bits per heavy atom. The number of ether oxygens (including phenoxy) is 2. The zero-order valence-corrected chi connectivity index (χ0v) is 26.4. The molecular weight excluding hydrogens is 602 g/mol. The number of amides is 6. The van der Waals surface area contributed by atoms with Gasteiger partial charge in [-0.15, -0.1) is 0 Å². The Morgan fingerprint density at radius 1 is 0.891 bits per heavy atom. The fourth-order valence-corrected chi connectivity index (χ4v) is 3.91. The van der Waals surface area contributed by atoms with Crippen LogP contribution in [-0.4, -0.2) is 59.2 Å². The van der Waals surface area contributed by atoms with Gasteiger partial charge in [-0.1, -0.05) is 26.0 Å². The number of alkyl carbamates (subject to hydrolysis) is 1. The lowest BCUT2D eigenvalue weighted by molar-refractivity contribution is -0.384. The van der Waals surface area contributed by atoms with Gasteiger partial charge in [-0.3, -0.25) is 19.7 Å². The van der Waals surface area contributed by atoms with Crippen LogP contribution in [0.25, 0.3) is 0 Å². The molecule has 250 valence electrons. The molecule has 2 aromatic carbocycles. The highest BCUT2D eigenvalue weighted by molar-refractivity contribution is 5.98. The molecule has 7 N–H and O–H groups in total. The molecule has 16 nitrogen and oxygen atoms in total. The maximum Gasteiger partial charge on any atom is 0.412 e. The smallest absolute Gasteiger partial charge is 0.412 e. The van der Waals surface area contributed by atoms with Crippen LogP contribution in [-0.2, 0) is 20.9 Å². The first-order valence-electron chi connectivity index (χ1n) is 14.5. The molecule has 0 fully saturated rings. The molecule has 0 unspecified atom stereocenters. The highest BCUT2D eigenvalue weighted by Crippen LogP contribution is 2.18. The zero-order chi connectivity index (χ0) is 34.4. The van der Waals surface area contributed by atoms with Crippen LogP contribution in [0.2, 0.25) is 0 Å². The molecule has 0 saturated carbocycles. The van der Waals surface area contributed by atoms with Gasteiger partial charge in [0.2, 0.25) is 11.8 Å². The molecule has 0 bridgehead atoms. The molecule has 6 amide bonds. The summed E-state index contributed by atoms with van der Waals surface area (Å²) in [5, 5.41) is 23.7. The third-order valence-corrected chi connectivity index (χ3v) is 6.14. The van der Waals surface area contributed by atoms with Crippen LogP contribution in [0.4, 0.5) is 25.8 Å². The second kappa shape index (κ2) is 17.2. The summed E-state index contributed by atoms with van der Waals surface area (Å²) in [6.45, 7) is 8.82. The monoisotopic (exact) mass is 643 g/mol. The van der Waals surface area contributed by atoms with Crippen molar-refractivity contribution in [1.82, 2.24) is 21.3 Å². The van der Waals surface area contributed by atoms with Crippen molar-refractivity contribution in [2.75, 3.05) is 11.9 Å². The summed E-state index contributed by atoms with van der Waals surface area (Å²) in [5.74, 6) is -1.33. The molecule has 2 atom stereocenters. The maximum absolute atomic E-state index is 13.2. The van der Waals surface area contributed by atoms with Crippen LogP contribution in [0.5, 0.6) is 5.75 Å². The van der Waals surface area contributed by atoms with Crippen LogP contribution >= 0.6 is 0 Å². The first kappa shape index (κ1) is 36.8. The van der Waals surface area contributed by atoms with Crippen molar-refractivity contribution in [2.45, 2.75) is 71.7 Å². The number of hydrogen-bond acceptors (Lipinski definition) is 9. The fourth-order valence-electron chi connectivity index (χ4n) is 3.91. The van der Waals surface area contributed by atoms with E-state index in [0.717, 1.165) is 0 Å². The normalized spacial score (nSPS) is 12.2. The standard InChI is InChI=1S/C30H41N7O9/c1-18(2)24(36-29(42)46-30(3,4)5)26(39)35-23(7-6-16-32-27(31)40)25(38)34-20-10-8-19(9-11-20)17-33-28(41)45-22-14-12-21(13-15-22)37(43)44/h8-15,18,23-24H,6-7,16-17H2,1-5H3,(H,33,41)(H,34,38)(H,35,39)(H,36,42)(H3,31,32,40)/t23-,24-/m0/s1. The molecule has 0 aromatic heterocycles. The highest BCUT2D eigenvalue weighted by Gasteiger charge is 2.30. The number of hydrogen-bond donors (Lipinski definition) is 6. The summed E-state index contributed by atoms with van der Waals surface area (Å²) >= 11 is 0. The number of nitrogens with two attached hydrogens (primary N) is 1. The van der Waals surface area contributed by atoms with Crippen molar-refractivity contribution >= 4 is 41.4 Å². The maximum atomic E-state index is 13.2. The number of non-ortho nitro benzene ring substituents is 1. The Kier molecular flexibility index (Phi) is 13.7. The topological polar surface area (TPSA) is 233 Å². The minimum atomic E-state index is -1.03. The van der Waals surface area contributed by atoms with E-state index >= 15 is 0 Å². The molecule has 0 heterocycles. The van der Waals surface area contributed by atoms with Crippen LogP contribution in [0.3, 0.4) is 0 Å². The molecule has 0 aliphatic heterocycles. The van der Waals surface area contributed by atoms with Crippen LogP contribution in [0.15, 0.2) is 48.5 Å². The predicted octanol–water partition coefficient (Wildman–Crippen LogP) is 3.30. The van der Waals surface area contributed by atoms with Gasteiger partial charge in [-0.05, 0) is 69.4 Å². The molecule has 46 heavy (non-hydrogen) atoms. The number of carbonyl (C=O) groups excluding carboxylic acids is 5. The molecular formula is C30H41N7O9. The Bertz CT molecular complexity index is 1370. The number of nitrogens with one attached hydrogen (secondary N) is 5. The van der Waals surface area contributed by atoms with E-state index in [1.54, 1.807) is 58.9 Å². The second-order valence-corrected chi connectivity index (χ2v) is 11.5. The van der Waals surface area contributed by atoms with E-state index in [4.69, 9.17) is 15.2 Å². The zero-order valence-electron chi connectivity index (χ0n) is 26.4. The highest BCUT2D eigenvalue weighted by atomic mass is 16.6. The largest absolute Gasteiger partial charge is 0.444 e. The number of anilines is 1. The number of carbonyl (C=O) groups is 5. The van der Waals surface area contributed by atoms with E-state index in [2.05, 4.69) is 26.6 Å². The molecule has 0 radical (unpaired) electrons. The van der Waals surface area contributed by atoms with E-state index in [9.17, 15) is 34.1 Å². The van der Waals surface area contributed by atoms with E-state index < -0.39 is 52.6 Å². The Balaban J connectivity index is 2.01. The summed E-state index contributed by atoms with van der Waals surface area (Å²) in [5.41, 5.74) is 5.28. The fraction of sp³-hybridized carbons (Fsp3) is 0.433. The number of nitro groups is 1. The molecule has 0 saturated heterocycles. The lowest BCUT2D eigenvalue weighted by Crippen LogP contribution is -2.55. The summed E-state index contributed by atoms with van der Waals surface area (Å²) in [4.78, 5) is 72.1. The van der Waals surface area contributed by atoms with E-state index in [1.807, 2.05) is 0 Å². The molecule has 2 rings (SSSR count). The molecule has 2 aromatic rings. The Hall–Kier alpha value is -5.41. The van der Waals surface area contributed by atoms with Crippen molar-refractivity contribution in [2.24, 2.45) is 11.7 Å². The van der Waals surface area contributed by atoms with Crippen LogP contribution in [0.1, 0.15) is 53.0 Å². The second-order valence-electron chi connectivity index (χ2n) is 11.5. The van der Waals surface area contributed by atoms with E-state index in [1.165, 1.54) is 24.3 Å². The SMILES string of the molecule is CC(C)[C@H](NC(=O)OC(C)(C)C)C(=O)N[C@@H](CCCNC(N)=O)C(=O)Nc1ccc(CNC(=O)Oc2ccc([N+](=O)[O-])cc2)cc1. The predicted molar refractivity (Wildman–Crippen MR) is 168 cm³/mol. The number of rotatable bonds is 14. The number of nitrogens with zero attached hydrogens (tertiary/aromatic N) is 1. The average Bonchev–Trinajstić information content (AvgIpc) is 2.96. The molecule has 0 aliphatic rings. The quantitative estimate of drug-likeness (QED) is 0.101. The van der Waals surface area contributed by atoms with Crippen molar-refractivity contribution in [1.29, 1.82) is 0 Å². The van der Waals surface area contributed by atoms with E-state index in [-0.39, 0.29) is 36.9 Å². The summed E-state index contributed by atoms with van der Waals surface area (Å²) in [6.07, 6.45) is -1.08. The minimum absolute atomic E-state index is 0.0901. The first-order valence-corrected chi connectivity index (χ1v) is 14.5. The lowest BCUT2D eigenvalue weighted by atomic mass is 10.0. The van der Waals surface area contributed by atoms with E-state index in [0.29, 0.717) is 17.7 Å². The summed E-state index contributed by atoms with van der Waals surface area (Å²) in [7, 11) is 0. The summed E-state index contributed by atoms with van der Waals surface area (Å²) < 4.78 is 10.4. The van der Waals surface area contributed by atoms with Gasteiger partial charge in [0.05, 0.1) is 4.92 Å². The van der Waals surface area contributed by atoms with Crippen LogP contribution in [0, 0.1) is 16.0 Å². The van der Waals surface area contributed by atoms with Crippen molar-refractivity contribution in [3.8, 4) is 5.75 Å². The number of urea groups is 1. The molecule has 0 aliphatic carbocycles. The van der Waals surface area contributed by atoms with Gasteiger partial charge in [0, 0.05) is 30.9 Å². The van der Waals surface area contributed by atoms with Gasteiger partial charge in [-0.2, -0.15) is 0 Å². The molecule has 16 heteroatoms. The number of nitro benzene ring substituents is 1. The number of primary amides is 1. The Morgan fingerprint density at radius 2 is 1.52 bits per heavy atom. The first-order chi connectivity index (χ1) is 21.5. The molecule has 0 spiro atoms. The van der Waals surface area contributed by atoms with Crippen molar-refractivity contribution in [3.05, 3.63) is 64.2 Å². The summed E-state index contributed by atoms with van der Waals surface area (Å²) in [6, 6.07) is 8.82. The van der Waals surface area contributed by atoms with Gasteiger partial charge in [0.1, 0.15) is 23.4 Å². The third kappa shape index (κ3) is 13.5. The third-order valence-electron chi connectivity index (χ3n) is 6.14. The van der Waals surface area contributed by atoms with Crippen molar-refractivity contribution in [3.63, 3.8) is 0 Å². The van der Waals surface area contributed by atoms with Crippen LogP contribution < -0.4 is 37.1 Å².